The van der Waals surface area contributed by atoms with Crippen molar-refractivity contribution in [1.82, 2.24) is 19.7 Å². The number of carbonyl (C=O) groups excluding carboxylic acids is 1. The third-order valence-electron chi connectivity index (χ3n) is 5.26. The van der Waals surface area contributed by atoms with Crippen LogP contribution in [0.3, 0.4) is 0 Å². The Labute approximate surface area is 156 Å². The van der Waals surface area contributed by atoms with Crippen molar-refractivity contribution in [3.05, 3.63) is 54.4 Å². The molecule has 0 saturated carbocycles. The van der Waals surface area contributed by atoms with E-state index >= 15 is 0 Å². The number of amides is 1. The summed E-state index contributed by atoms with van der Waals surface area (Å²) < 4.78 is 2.01. The summed E-state index contributed by atoms with van der Waals surface area (Å²) in [5.41, 5.74) is 1.71. The first kappa shape index (κ1) is 18.7. The van der Waals surface area contributed by atoms with E-state index in [0.29, 0.717) is 24.1 Å². The van der Waals surface area contributed by atoms with E-state index in [9.17, 15) is 4.79 Å². The molecule has 1 aliphatic rings. The molecule has 5 nitrogen and oxygen atoms in total. The largest absolute Gasteiger partial charge is 0.350 e. The van der Waals surface area contributed by atoms with Gasteiger partial charge in [-0.1, -0.05) is 19.9 Å². The van der Waals surface area contributed by atoms with Gasteiger partial charge in [0.15, 0.2) is 0 Å². The van der Waals surface area contributed by atoms with Gasteiger partial charge in [-0.25, -0.2) is 0 Å². The Kier molecular flexibility index (Phi) is 6.12. The number of hydrogen-bond donors (Lipinski definition) is 1. The topological polar surface area (TPSA) is 40.5 Å². The van der Waals surface area contributed by atoms with E-state index < -0.39 is 0 Å². The maximum atomic E-state index is 12.7. The molecule has 2 heterocycles. The van der Waals surface area contributed by atoms with Crippen molar-refractivity contribution in [2.75, 3.05) is 39.8 Å². The number of nitrogens with zero attached hydrogens (tertiary/aromatic N) is 3. The van der Waals surface area contributed by atoms with Crippen molar-refractivity contribution >= 4 is 5.91 Å². The lowest BCUT2D eigenvalue weighted by Crippen LogP contribution is -2.54. The molecule has 1 N–H and O–H groups in total. The molecule has 0 aliphatic carbocycles. The second-order valence-corrected chi connectivity index (χ2v) is 7.50. The summed E-state index contributed by atoms with van der Waals surface area (Å²) >= 11 is 0. The van der Waals surface area contributed by atoms with Crippen LogP contribution >= 0.6 is 0 Å². The van der Waals surface area contributed by atoms with Gasteiger partial charge in [0.1, 0.15) is 0 Å². The van der Waals surface area contributed by atoms with Crippen LogP contribution in [0.1, 0.15) is 24.2 Å². The molecule has 1 atom stereocenters. The van der Waals surface area contributed by atoms with Crippen LogP contribution in [0.25, 0.3) is 5.69 Å². The van der Waals surface area contributed by atoms with Gasteiger partial charge in [-0.05, 0) is 43.3 Å². The van der Waals surface area contributed by atoms with Gasteiger partial charge in [0, 0.05) is 62.4 Å². The molecule has 1 aromatic carbocycles. The predicted octanol–water partition coefficient (Wildman–Crippen LogP) is 2.48. The number of piperazine rings is 1. The first-order chi connectivity index (χ1) is 12.5. The van der Waals surface area contributed by atoms with E-state index in [0.717, 1.165) is 31.9 Å². The monoisotopic (exact) mass is 354 g/mol. The molecule has 1 aliphatic heterocycles. The number of carbonyl (C=O) groups is 1. The molecule has 1 unspecified atom stereocenters. The van der Waals surface area contributed by atoms with Crippen molar-refractivity contribution in [3.63, 3.8) is 0 Å². The predicted molar refractivity (Wildman–Crippen MR) is 106 cm³/mol. The fourth-order valence-corrected chi connectivity index (χ4v) is 3.55. The van der Waals surface area contributed by atoms with Crippen LogP contribution in [0, 0.1) is 5.92 Å². The van der Waals surface area contributed by atoms with Gasteiger partial charge in [-0.2, -0.15) is 0 Å². The molecule has 0 radical (unpaired) electrons. The van der Waals surface area contributed by atoms with E-state index in [1.165, 1.54) is 0 Å². The Morgan fingerprint density at radius 1 is 1.08 bits per heavy atom. The fraction of sp³-hybridized carbons (Fsp3) is 0.476. The third-order valence-corrected chi connectivity index (χ3v) is 5.26. The summed E-state index contributed by atoms with van der Waals surface area (Å²) in [6.45, 7) is 9.49. The van der Waals surface area contributed by atoms with E-state index in [2.05, 4.69) is 36.0 Å². The van der Waals surface area contributed by atoms with Crippen LogP contribution in [-0.2, 0) is 0 Å². The molecule has 3 rings (SSSR count). The Bertz CT molecular complexity index is 703. The normalized spacial score (nSPS) is 17.4. The minimum Gasteiger partial charge on any atom is -0.350 e. The summed E-state index contributed by atoms with van der Waals surface area (Å²) in [7, 11) is 2.17. The molecule has 1 fully saturated rings. The first-order valence-corrected chi connectivity index (χ1v) is 9.49. The first-order valence-electron chi connectivity index (χ1n) is 9.49. The van der Waals surface area contributed by atoms with Crippen LogP contribution in [0.2, 0.25) is 0 Å². The Balaban J connectivity index is 1.62. The molecule has 1 amide bonds. The van der Waals surface area contributed by atoms with Gasteiger partial charge in [0.2, 0.25) is 0 Å². The highest BCUT2D eigenvalue weighted by Crippen LogP contribution is 2.14. The standard InChI is InChI=1S/C21H30N4O/c1-17(2)20(25-13-11-23(3)12-14-25)16-22-21(26)18-7-6-8-19(15-18)24-9-4-5-10-24/h4-10,15,17,20H,11-14,16H2,1-3H3,(H,22,26). The van der Waals surface area contributed by atoms with Gasteiger partial charge in [-0.15, -0.1) is 0 Å². The zero-order valence-electron chi connectivity index (χ0n) is 16.1. The lowest BCUT2D eigenvalue weighted by Gasteiger charge is -2.39. The van der Waals surface area contributed by atoms with Crippen molar-refractivity contribution in [1.29, 1.82) is 0 Å². The lowest BCUT2D eigenvalue weighted by molar-refractivity contribution is 0.0791. The summed E-state index contributed by atoms with van der Waals surface area (Å²) in [4.78, 5) is 17.6. The molecule has 26 heavy (non-hydrogen) atoms. The van der Waals surface area contributed by atoms with E-state index in [1.54, 1.807) is 0 Å². The van der Waals surface area contributed by atoms with Gasteiger partial charge < -0.3 is 14.8 Å². The molecule has 1 aromatic heterocycles. The fourth-order valence-electron chi connectivity index (χ4n) is 3.55. The highest BCUT2D eigenvalue weighted by Gasteiger charge is 2.25. The van der Waals surface area contributed by atoms with Crippen LogP contribution in [0.4, 0.5) is 0 Å². The molecule has 0 bridgehead atoms. The van der Waals surface area contributed by atoms with Gasteiger partial charge >= 0.3 is 0 Å². The average molecular weight is 354 g/mol. The smallest absolute Gasteiger partial charge is 0.251 e. The van der Waals surface area contributed by atoms with Crippen LogP contribution in [0.5, 0.6) is 0 Å². The number of benzene rings is 1. The number of hydrogen-bond acceptors (Lipinski definition) is 3. The van der Waals surface area contributed by atoms with Crippen LogP contribution < -0.4 is 5.32 Å². The third kappa shape index (κ3) is 4.54. The zero-order chi connectivity index (χ0) is 18.5. The maximum absolute atomic E-state index is 12.7. The number of nitrogens with one attached hydrogen (secondary N) is 1. The van der Waals surface area contributed by atoms with Crippen molar-refractivity contribution in [2.45, 2.75) is 19.9 Å². The van der Waals surface area contributed by atoms with E-state index in [4.69, 9.17) is 0 Å². The molecule has 2 aromatic rings. The van der Waals surface area contributed by atoms with E-state index in [1.807, 2.05) is 53.4 Å². The molecule has 140 valence electrons. The second-order valence-electron chi connectivity index (χ2n) is 7.50. The highest BCUT2D eigenvalue weighted by atomic mass is 16.1. The maximum Gasteiger partial charge on any atom is 0.251 e. The molecule has 5 heteroatoms. The second kappa shape index (κ2) is 8.52. The quantitative estimate of drug-likeness (QED) is 0.866. The van der Waals surface area contributed by atoms with Crippen LogP contribution in [-0.4, -0.2) is 66.1 Å². The zero-order valence-corrected chi connectivity index (χ0v) is 16.1. The number of likely N-dealkylation sites (N-methyl/N-ethyl adjacent to an activating group) is 1. The minimum absolute atomic E-state index is 0.00113. The average Bonchev–Trinajstić information content (AvgIpc) is 3.18. The van der Waals surface area contributed by atoms with Gasteiger partial charge in [0.25, 0.3) is 5.91 Å². The van der Waals surface area contributed by atoms with E-state index in [-0.39, 0.29) is 5.91 Å². The minimum atomic E-state index is -0.00113. The number of aromatic nitrogens is 1. The van der Waals surface area contributed by atoms with Gasteiger partial charge in [0.05, 0.1) is 0 Å². The molecular weight excluding hydrogens is 324 g/mol. The molecule has 1 saturated heterocycles. The lowest BCUT2D eigenvalue weighted by atomic mass is 10.0. The SMILES string of the molecule is CC(C)C(CNC(=O)c1cccc(-n2cccc2)c1)N1CCN(C)CC1. The van der Waals surface area contributed by atoms with Crippen LogP contribution in [0.15, 0.2) is 48.8 Å². The summed E-state index contributed by atoms with van der Waals surface area (Å²) in [5.74, 6) is 0.503. The summed E-state index contributed by atoms with van der Waals surface area (Å²) in [6.07, 6.45) is 3.97. The Morgan fingerprint density at radius 2 is 1.77 bits per heavy atom. The Morgan fingerprint density at radius 3 is 2.42 bits per heavy atom. The molecular formula is C21H30N4O. The summed E-state index contributed by atoms with van der Waals surface area (Å²) in [6, 6.07) is 12.1. The van der Waals surface area contributed by atoms with Crippen molar-refractivity contribution < 1.29 is 4.79 Å². The Hall–Kier alpha value is -2.11. The van der Waals surface area contributed by atoms with Gasteiger partial charge in [-0.3, -0.25) is 9.69 Å². The van der Waals surface area contributed by atoms with Crippen molar-refractivity contribution in [3.8, 4) is 5.69 Å². The highest BCUT2D eigenvalue weighted by molar-refractivity contribution is 5.94. The number of rotatable bonds is 6. The summed E-state index contributed by atoms with van der Waals surface area (Å²) in [5, 5.41) is 3.16. The molecule has 0 spiro atoms. The van der Waals surface area contributed by atoms with Crippen molar-refractivity contribution in [2.24, 2.45) is 5.92 Å².